The zero-order valence-electron chi connectivity index (χ0n) is 37.9. The van der Waals surface area contributed by atoms with Crippen LogP contribution in [0, 0.1) is 6.92 Å². The predicted octanol–water partition coefficient (Wildman–Crippen LogP) is 2.78. The average Bonchev–Trinajstić information content (AvgIpc) is 3.71. The van der Waals surface area contributed by atoms with Crippen LogP contribution >= 0.6 is 11.8 Å². The zero-order chi connectivity index (χ0) is 50.0. The number of nitrogens with zero attached hydrogens (tertiary/aromatic N) is 3. The van der Waals surface area contributed by atoms with Crippen molar-refractivity contribution in [2.75, 3.05) is 76.4 Å². The van der Waals surface area contributed by atoms with E-state index in [0.717, 1.165) is 32.6 Å². The van der Waals surface area contributed by atoms with Gasteiger partial charge in [0.25, 0.3) is 0 Å². The van der Waals surface area contributed by atoms with Crippen molar-refractivity contribution in [3.05, 3.63) is 82.2 Å². The summed E-state index contributed by atoms with van der Waals surface area (Å²) in [6.07, 6.45) is 7.64. The van der Waals surface area contributed by atoms with E-state index >= 15 is 0 Å². The van der Waals surface area contributed by atoms with Crippen LogP contribution in [0.5, 0.6) is 11.5 Å². The van der Waals surface area contributed by atoms with Crippen molar-refractivity contribution in [3.8, 4) is 11.5 Å². The molecule has 2 heterocycles. The second-order valence-corrected chi connectivity index (χ2v) is 15.7. The summed E-state index contributed by atoms with van der Waals surface area (Å²) in [5.74, 6) is -6.44. The molecule has 1 aliphatic carbocycles. The van der Waals surface area contributed by atoms with Crippen LogP contribution in [0.3, 0.4) is 0 Å². The van der Waals surface area contributed by atoms with Crippen LogP contribution in [0.2, 0.25) is 0 Å². The molecular formula is C45H47N3O20S. The lowest BCUT2D eigenvalue weighted by Crippen LogP contribution is -2.37. The van der Waals surface area contributed by atoms with Gasteiger partial charge in [-0.15, -0.1) is 0 Å². The van der Waals surface area contributed by atoms with Crippen molar-refractivity contribution in [3.63, 3.8) is 0 Å². The fourth-order valence-corrected chi connectivity index (χ4v) is 7.32. The molecule has 0 amide bonds. The number of carbonyl (C=O) groups excluding carboxylic acids is 8. The molecule has 1 aliphatic heterocycles. The molecule has 2 atom stereocenters. The fourth-order valence-electron chi connectivity index (χ4n) is 6.15. The third-order valence-corrected chi connectivity index (χ3v) is 10.5. The number of anilines is 2. The van der Waals surface area contributed by atoms with Crippen LogP contribution < -0.4 is 24.9 Å². The number of thioether (sulfide) groups is 1. The summed E-state index contributed by atoms with van der Waals surface area (Å²) >= 11 is 1.39. The molecule has 24 heteroatoms. The molecule has 2 aliphatic rings. The maximum Gasteiger partial charge on any atom is 0.346 e. The van der Waals surface area contributed by atoms with E-state index in [1.54, 1.807) is 31.2 Å². The fraction of sp³-hybridized carbons (Fsp3) is 0.378. The molecule has 2 aromatic carbocycles. The maximum atomic E-state index is 13.5. The number of aryl methyl sites for hydroxylation is 1. The first kappa shape index (κ1) is 52.1. The SMILES string of the molecule is CC(=O)OCOC(=O)CN(CC(=O)OCOC(C)=O)c1ccc(C)cc1OCCOc1cc2cc(C3=NC4C=CC=CC4S3)c(=O)oc2cc1N(CC(=O)OCOC(C)=O)CC(=O)OCOC(C)=O. The Morgan fingerprint density at radius 1 is 0.594 bits per heavy atom. The minimum atomic E-state index is -0.974. The van der Waals surface area contributed by atoms with E-state index in [2.05, 4.69) is 0 Å². The summed E-state index contributed by atoms with van der Waals surface area (Å²) in [6, 6.07) is 9.06. The second kappa shape index (κ2) is 25.3. The van der Waals surface area contributed by atoms with Gasteiger partial charge in [0.1, 0.15) is 61.5 Å². The van der Waals surface area contributed by atoms with Crippen LogP contribution in [-0.4, -0.2) is 131 Å². The van der Waals surface area contributed by atoms with Gasteiger partial charge in [0.15, 0.2) is 0 Å². The largest absolute Gasteiger partial charge is 0.488 e. The lowest BCUT2D eigenvalue weighted by Gasteiger charge is -2.26. The molecule has 3 aromatic rings. The van der Waals surface area contributed by atoms with E-state index in [0.29, 0.717) is 16.0 Å². The lowest BCUT2D eigenvalue weighted by molar-refractivity contribution is -0.167. The lowest BCUT2D eigenvalue weighted by atomic mass is 10.1. The summed E-state index contributed by atoms with van der Waals surface area (Å²) in [4.78, 5) is 118. The third kappa shape index (κ3) is 16.4. The summed E-state index contributed by atoms with van der Waals surface area (Å²) in [5, 5.41) is 0.767. The van der Waals surface area contributed by atoms with E-state index < -0.39 is 107 Å². The van der Waals surface area contributed by atoms with Crippen molar-refractivity contribution in [1.82, 2.24) is 0 Å². The summed E-state index contributed by atoms with van der Waals surface area (Å²) in [6.45, 7) is 0.359. The summed E-state index contributed by atoms with van der Waals surface area (Å²) in [5.41, 5.74) is 0.368. The molecular weight excluding hydrogens is 935 g/mol. The number of carbonyl (C=O) groups is 8. The number of ether oxygens (including phenoxy) is 10. The molecule has 0 N–H and O–H groups in total. The Morgan fingerprint density at radius 3 is 1.54 bits per heavy atom. The Labute approximate surface area is 397 Å². The second-order valence-electron chi connectivity index (χ2n) is 14.5. The van der Waals surface area contributed by atoms with Gasteiger partial charge in [-0.05, 0) is 36.8 Å². The third-order valence-electron chi connectivity index (χ3n) is 9.22. The first-order valence-corrected chi connectivity index (χ1v) is 21.6. The first-order valence-electron chi connectivity index (χ1n) is 20.7. The maximum absolute atomic E-state index is 13.5. The van der Waals surface area contributed by atoms with Crippen molar-refractivity contribution in [2.45, 2.75) is 45.9 Å². The number of fused-ring (bicyclic) bond motifs is 2. The molecule has 0 saturated carbocycles. The van der Waals surface area contributed by atoms with Gasteiger partial charge in [0, 0.05) is 39.1 Å². The molecule has 5 rings (SSSR count). The number of esters is 8. The molecule has 69 heavy (non-hydrogen) atoms. The Bertz CT molecular complexity index is 2520. The Hall–Kier alpha value is -7.89. The minimum Gasteiger partial charge on any atom is -0.488 e. The minimum absolute atomic E-state index is 0.00287. The summed E-state index contributed by atoms with van der Waals surface area (Å²) < 4.78 is 57.1. The molecule has 1 aromatic heterocycles. The molecule has 0 saturated heterocycles. The van der Waals surface area contributed by atoms with Crippen molar-refractivity contribution < 1.29 is 90.1 Å². The first-order chi connectivity index (χ1) is 32.9. The molecule has 2 unspecified atom stereocenters. The number of allylic oxidation sites excluding steroid dienone is 2. The Kier molecular flexibility index (Phi) is 19.1. The highest BCUT2D eigenvalue weighted by Crippen LogP contribution is 2.37. The van der Waals surface area contributed by atoms with E-state index in [1.165, 1.54) is 28.8 Å². The van der Waals surface area contributed by atoms with Gasteiger partial charge in [-0.25, -0.2) is 4.79 Å². The number of benzene rings is 2. The molecule has 0 fully saturated rings. The van der Waals surface area contributed by atoms with Crippen molar-refractivity contribution in [1.29, 1.82) is 0 Å². The number of rotatable bonds is 24. The van der Waals surface area contributed by atoms with Crippen LogP contribution in [0.25, 0.3) is 11.0 Å². The highest BCUT2D eigenvalue weighted by molar-refractivity contribution is 8.15. The van der Waals surface area contributed by atoms with Gasteiger partial charge >= 0.3 is 53.4 Å². The van der Waals surface area contributed by atoms with Crippen LogP contribution in [0.1, 0.15) is 38.8 Å². The Balaban J connectivity index is 1.47. The van der Waals surface area contributed by atoms with E-state index in [9.17, 15) is 43.2 Å². The molecule has 0 bridgehead atoms. The van der Waals surface area contributed by atoms with Gasteiger partial charge < -0.3 is 61.6 Å². The quantitative estimate of drug-likeness (QED) is 0.0410. The van der Waals surface area contributed by atoms with Gasteiger partial charge in [-0.3, -0.25) is 43.3 Å². The topological polar surface area (TPSA) is 278 Å². The highest BCUT2D eigenvalue weighted by atomic mass is 32.2. The van der Waals surface area contributed by atoms with Crippen LogP contribution in [-0.2, 0) is 76.3 Å². The normalized spacial score (nSPS) is 14.3. The smallest absolute Gasteiger partial charge is 0.346 e. The number of hydrogen-bond acceptors (Lipinski definition) is 24. The van der Waals surface area contributed by atoms with E-state index in [1.807, 2.05) is 24.3 Å². The van der Waals surface area contributed by atoms with Gasteiger partial charge in [-0.2, -0.15) is 0 Å². The monoisotopic (exact) mass is 981 g/mol. The van der Waals surface area contributed by atoms with Gasteiger partial charge in [-0.1, -0.05) is 42.1 Å². The molecule has 368 valence electrons. The zero-order valence-corrected chi connectivity index (χ0v) is 38.7. The van der Waals surface area contributed by atoms with Crippen molar-refractivity contribution >= 4 is 86.9 Å². The van der Waals surface area contributed by atoms with Crippen LogP contribution in [0.4, 0.5) is 11.4 Å². The average molecular weight is 982 g/mol. The van der Waals surface area contributed by atoms with Crippen molar-refractivity contribution in [2.24, 2.45) is 4.99 Å². The van der Waals surface area contributed by atoms with Crippen LogP contribution in [0.15, 0.2) is 74.9 Å². The number of aliphatic imine (C=N–C) groups is 1. The molecule has 0 radical (unpaired) electrons. The summed E-state index contributed by atoms with van der Waals surface area (Å²) in [7, 11) is 0. The van der Waals surface area contributed by atoms with Gasteiger partial charge in [0.2, 0.25) is 27.2 Å². The predicted molar refractivity (Wildman–Crippen MR) is 240 cm³/mol. The van der Waals surface area contributed by atoms with Gasteiger partial charge in [0.05, 0.1) is 28.2 Å². The van der Waals surface area contributed by atoms with E-state index in [4.69, 9.17) is 56.8 Å². The number of hydrogen-bond donors (Lipinski definition) is 0. The van der Waals surface area contributed by atoms with E-state index in [-0.39, 0.29) is 58.5 Å². The molecule has 0 spiro atoms. The molecule has 23 nitrogen and oxygen atoms in total. The Morgan fingerprint density at radius 2 is 1.06 bits per heavy atom. The standard InChI is InChI=1S/C45H47N3O20S/c1-26-10-11-34(47(18-40(53)64-22-60-27(2)49)19-41(54)65-23-61-28(3)50)37(14-26)58-12-13-59-38-16-31-15-32(44-46-33-8-6-7-9-39(33)69-44)45(57)68-36(31)17-35(38)48(20-42(55)66-24-62-29(4)51)21-43(56)67-25-63-30(5)52/h6-11,14-17,33,39H,12-13,18-25H2,1-5H3. The highest BCUT2D eigenvalue weighted by Gasteiger charge is 2.31.